The van der Waals surface area contributed by atoms with Gasteiger partial charge < -0.3 is 9.64 Å². The number of hydrogen-bond donors (Lipinski definition) is 0. The third-order valence-electron chi connectivity index (χ3n) is 4.07. The Kier molecular flexibility index (Phi) is 4.43. The first-order valence-corrected chi connectivity index (χ1v) is 7.92. The van der Waals surface area contributed by atoms with Crippen LogP contribution in [0.15, 0.2) is 35.3 Å². The number of hydrogen-bond acceptors (Lipinski definition) is 4. The predicted octanol–water partition coefficient (Wildman–Crippen LogP) is 1.42. The molecule has 3 rings (SSSR count). The molecule has 6 heteroatoms. The van der Waals surface area contributed by atoms with Crippen LogP contribution in [0.5, 0.6) is 0 Å². The summed E-state index contributed by atoms with van der Waals surface area (Å²) < 4.78 is 7.38. The summed E-state index contributed by atoms with van der Waals surface area (Å²) in [5.74, 6) is 0.0941. The first kappa shape index (κ1) is 15.7. The normalized spacial score (nSPS) is 21.6. The van der Waals surface area contributed by atoms with E-state index in [2.05, 4.69) is 5.10 Å². The molecule has 0 bridgehead atoms. The Bertz CT molecular complexity index is 761. The van der Waals surface area contributed by atoms with Crippen molar-refractivity contribution >= 4 is 16.8 Å². The van der Waals surface area contributed by atoms with Crippen LogP contribution < -0.4 is 5.43 Å². The Hall–Kier alpha value is -2.21. The zero-order chi connectivity index (χ0) is 16.4. The van der Waals surface area contributed by atoms with Crippen LogP contribution in [0.1, 0.15) is 20.3 Å². The summed E-state index contributed by atoms with van der Waals surface area (Å²) >= 11 is 0. The highest BCUT2D eigenvalue weighted by Crippen LogP contribution is 2.13. The van der Waals surface area contributed by atoms with Gasteiger partial charge in [-0.05, 0) is 26.0 Å². The molecule has 2 aromatic rings. The molecule has 1 aliphatic heterocycles. The Morgan fingerprint density at radius 2 is 1.96 bits per heavy atom. The van der Waals surface area contributed by atoms with Gasteiger partial charge in [-0.3, -0.25) is 14.3 Å². The van der Waals surface area contributed by atoms with E-state index < -0.39 is 0 Å². The van der Waals surface area contributed by atoms with Crippen LogP contribution in [0.3, 0.4) is 0 Å². The number of carbonyl (C=O) groups excluding carboxylic acids is 1. The van der Waals surface area contributed by atoms with Gasteiger partial charge in [0.05, 0.1) is 30.5 Å². The Morgan fingerprint density at radius 3 is 2.70 bits per heavy atom. The van der Waals surface area contributed by atoms with Crippen molar-refractivity contribution in [2.24, 2.45) is 0 Å². The Labute approximate surface area is 134 Å². The van der Waals surface area contributed by atoms with E-state index in [0.717, 1.165) is 5.52 Å². The van der Waals surface area contributed by atoms with Crippen molar-refractivity contribution in [1.82, 2.24) is 14.7 Å². The average Bonchev–Trinajstić information content (AvgIpc) is 2.53. The van der Waals surface area contributed by atoms with E-state index >= 15 is 0 Å². The van der Waals surface area contributed by atoms with Gasteiger partial charge in [-0.15, -0.1) is 0 Å². The van der Waals surface area contributed by atoms with Crippen LogP contribution in [-0.4, -0.2) is 45.9 Å². The number of carbonyl (C=O) groups is 1. The van der Waals surface area contributed by atoms with E-state index in [0.29, 0.717) is 31.4 Å². The third-order valence-corrected chi connectivity index (χ3v) is 4.07. The molecule has 0 radical (unpaired) electrons. The van der Waals surface area contributed by atoms with E-state index in [1.165, 1.54) is 6.20 Å². The van der Waals surface area contributed by atoms with Crippen LogP contribution in [0, 0.1) is 0 Å². The van der Waals surface area contributed by atoms with Gasteiger partial charge >= 0.3 is 0 Å². The molecule has 0 N–H and O–H groups in total. The fraction of sp³-hybridized carbons (Fsp3) is 0.471. The molecule has 23 heavy (non-hydrogen) atoms. The lowest BCUT2D eigenvalue weighted by Gasteiger charge is -2.35. The standard InChI is InChI=1S/C17H21N3O3/c1-12-10-19(11-13(2)23-12)17(22)7-8-20-15-6-4-3-5-14(15)16(21)9-18-20/h3-6,9,12-13H,7-8,10-11H2,1-2H3/t12-,13-/m0/s1. The zero-order valence-corrected chi connectivity index (χ0v) is 13.4. The number of ether oxygens (including phenoxy) is 1. The number of nitrogens with zero attached hydrogens (tertiary/aromatic N) is 3. The number of aryl methyl sites for hydroxylation is 1. The fourth-order valence-corrected chi connectivity index (χ4v) is 3.08. The predicted molar refractivity (Wildman–Crippen MR) is 87.2 cm³/mol. The van der Waals surface area contributed by atoms with Gasteiger partial charge in [0.2, 0.25) is 11.3 Å². The highest BCUT2D eigenvalue weighted by molar-refractivity contribution is 5.79. The van der Waals surface area contributed by atoms with E-state index in [4.69, 9.17) is 4.74 Å². The largest absolute Gasteiger partial charge is 0.372 e. The first-order valence-electron chi connectivity index (χ1n) is 7.92. The van der Waals surface area contributed by atoms with Crippen LogP contribution in [0.4, 0.5) is 0 Å². The summed E-state index contributed by atoms with van der Waals surface area (Å²) in [6, 6.07) is 7.33. The first-order chi connectivity index (χ1) is 11.0. The molecule has 1 aromatic heterocycles. The molecule has 0 aliphatic carbocycles. The SMILES string of the molecule is C[C@H]1CN(C(=O)CCn2ncc(=O)c3ccccc32)C[C@H](C)O1. The topological polar surface area (TPSA) is 64.4 Å². The van der Waals surface area contributed by atoms with Gasteiger partial charge in [0.1, 0.15) is 0 Å². The molecule has 1 aliphatic rings. The lowest BCUT2D eigenvalue weighted by atomic mass is 10.2. The van der Waals surface area contributed by atoms with Gasteiger partial charge in [-0.2, -0.15) is 5.10 Å². The van der Waals surface area contributed by atoms with Crippen molar-refractivity contribution in [3.63, 3.8) is 0 Å². The average molecular weight is 315 g/mol. The summed E-state index contributed by atoms with van der Waals surface area (Å²) in [6.07, 6.45) is 1.80. The van der Waals surface area contributed by atoms with Gasteiger partial charge in [0.15, 0.2) is 0 Å². The molecular formula is C17H21N3O3. The summed E-state index contributed by atoms with van der Waals surface area (Å²) in [4.78, 5) is 26.1. The number of aromatic nitrogens is 2. The maximum absolute atomic E-state index is 12.4. The summed E-state index contributed by atoms with van der Waals surface area (Å²) in [6.45, 7) is 5.67. The van der Waals surface area contributed by atoms with Gasteiger partial charge in [-0.1, -0.05) is 12.1 Å². The summed E-state index contributed by atoms with van der Waals surface area (Å²) in [5, 5.41) is 4.79. The molecule has 1 amide bonds. The number of benzene rings is 1. The Balaban J connectivity index is 1.72. The smallest absolute Gasteiger partial charge is 0.224 e. The van der Waals surface area contributed by atoms with Crippen LogP contribution in [-0.2, 0) is 16.1 Å². The quantitative estimate of drug-likeness (QED) is 0.859. The summed E-state index contributed by atoms with van der Waals surface area (Å²) in [7, 11) is 0. The monoisotopic (exact) mass is 315 g/mol. The Morgan fingerprint density at radius 1 is 1.26 bits per heavy atom. The number of rotatable bonds is 3. The molecule has 2 heterocycles. The van der Waals surface area contributed by atoms with Crippen molar-refractivity contribution in [1.29, 1.82) is 0 Å². The zero-order valence-electron chi connectivity index (χ0n) is 13.4. The van der Waals surface area contributed by atoms with Crippen molar-refractivity contribution in [2.45, 2.75) is 39.0 Å². The fourth-order valence-electron chi connectivity index (χ4n) is 3.08. The van der Waals surface area contributed by atoms with E-state index in [9.17, 15) is 9.59 Å². The highest BCUT2D eigenvalue weighted by atomic mass is 16.5. The molecule has 0 spiro atoms. The molecule has 1 saturated heterocycles. The molecule has 2 atom stereocenters. The lowest BCUT2D eigenvalue weighted by molar-refractivity contribution is -0.143. The second kappa shape index (κ2) is 6.50. The number of morpholine rings is 1. The second-order valence-electron chi connectivity index (χ2n) is 6.06. The van der Waals surface area contributed by atoms with Crippen molar-refractivity contribution in [2.75, 3.05) is 13.1 Å². The molecule has 1 fully saturated rings. The van der Waals surface area contributed by atoms with Gasteiger partial charge in [0, 0.05) is 24.9 Å². The molecule has 0 unspecified atom stereocenters. The number of para-hydroxylation sites is 1. The maximum atomic E-state index is 12.4. The molecule has 6 nitrogen and oxygen atoms in total. The molecule has 122 valence electrons. The van der Waals surface area contributed by atoms with Crippen LogP contribution >= 0.6 is 0 Å². The molecule has 0 saturated carbocycles. The lowest BCUT2D eigenvalue weighted by Crippen LogP contribution is -2.48. The van der Waals surface area contributed by atoms with E-state index in [-0.39, 0.29) is 23.5 Å². The summed E-state index contributed by atoms with van der Waals surface area (Å²) in [5.41, 5.74) is 0.663. The third kappa shape index (κ3) is 3.42. The minimum Gasteiger partial charge on any atom is -0.372 e. The van der Waals surface area contributed by atoms with Crippen LogP contribution in [0.2, 0.25) is 0 Å². The molecule has 1 aromatic carbocycles. The molecular weight excluding hydrogens is 294 g/mol. The number of amides is 1. The minimum atomic E-state index is -0.0981. The highest BCUT2D eigenvalue weighted by Gasteiger charge is 2.25. The van der Waals surface area contributed by atoms with Crippen LogP contribution in [0.25, 0.3) is 10.9 Å². The van der Waals surface area contributed by atoms with E-state index in [1.807, 2.05) is 36.9 Å². The second-order valence-corrected chi connectivity index (χ2v) is 6.06. The number of fused-ring (bicyclic) bond motifs is 1. The van der Waals surface area contributed by atoms with E-state index in [1.54, 1.807) is 10.7 Å². The van der Waals surface area contributed by atoms with Crippen molar-refractivity contribution in [3.05, 3.63) is 40.7 Å². The van der Waals surface area contributed by atoms with Crippen molar-refractivity contribution in [3.8, 4) is 0 Å². The maximum Gasteiger partial charge on any atom is 0.224 e. The van der Waals surface area contributed by atoms with Gasteiger partial charge in [0.25, 0.3) is 0 Å². The van der Waals surface area contributed by atoms with Gasteiger partial charge in [-0.25, -0.2) is 0 Å². The minimum absolute atomic E-state index is 0.0639. The van der Waals surface area contributed by atoms with Crippen molar-refractivity contribution < 1.29 is 9.53 Å².